The SMILES string of the molecule is COc1cc(Nc2cc(NC3CC3)ncn2)cc(OC)c1OC. The van der Waals surface area contributed by atoms with Gasteiger partial charge >= 0.3 is 0 Å². The first kappa shape index (κ1) is 15.2. The second-order valence-corrected chi connectivity index (χ2v) is 5.25. The summed E-state index contributed by atoms with van der Waals surface area (Å²) in [6, 6.07) is 6.08. The Morgan fingerprint density at radius 2 is 1.57 bits per heavy atom. The number of anilines is 3. The lowest BCUT2D eigenvalue weighted by atomic mass is 10.2. The minimum atomic E-state index is 0.541. The Balaban J connectivity index is 1.84. The maximum Gasteiger partial charge on any atom is 0.203 e. The lowest BCUT2D eigenvalue weighted by Crippen LogP contribution is -2.04. The summed E-state index contributed by atoms with van der Waals surface area (Å²) >= 11 is 0. The van der Waals surface area contributed by atoms with E-state index >= 15 is 0 Å². The molecule has 1 aliphatic carbocycles. The number of ether oxygens (including phenoxy) is 3. The summed E-state index contributed by atoms with van der Waals surface area (Å²) < 4.78 is 16.0. The summed E-state index contributed by atoms with van der Waals surface area (Å²) in [4.78, 5) is 8.47. The molecule has 3 rings (SSSR count). The molecule has 0 bridgehead atoms. The first-order valence-corrected chi connectivity index (χ1v) is 7.39. The van der Waals surface area contributed by atoms with Gasteiger partial charge in [0.25, 0.3) is 0 Å². The maximum atomic E-state index is 5.35. The average molecular weight is 316 g/mol. The summed E-state index contributed by atoms with van der Waals surface area (Å²) in [5.74, 6) is 3.23. The normalized spacial score (nSPS) is 13.3. The Labute approximate surface area is 135 Å². The molecule has 0 atom stereocenters. The molecule has 1 fully saturated rings. The van der Waals surface area contributed by atoms with Crippen molar-refractivity contribution < 1.29 is 14.2 Å². The molecule has 1 saturated carbocycles. The summed E-state index contributed by atoms with van der Waals surface area (Å²) in [6.07, 6.45) is 3.92. The van der Waals surface area contributed by atoms with Crippen LogP contribution in [0.2, 0.25) is 0 Å². The van der Waals surface area contributed by atoms with Crippen LogP contribution >= 0.6 is 0 Å². The van der Waals surface area contributed by atoms with Gasteiger partial charge in [0.2, 0.25) is 5.75 Å². The van der Waals surface area contributed by atoms with E-state index in [1.807, 2.05) is 18.2 Å². The molecular weight excluding hydrogens is 296 g/mol. The molecule has 1 aromatic heterocycles. The molecule has 7 heteroatoms. The zero-order chi connectivity index (χ0) is 16.2. The van der Waals surface area contributed by atoms with Crippen LogP contribution in [0.25, 0.3) is 0 Å². The quantitative estimate of drug-likeness (QED) is 0.813. The van der Waals surface area contributed by atoms with Crippen LogP contribution in [0.15, 0.2) is 24.5 Å². The van der Waals surface area contributed by atoms with Gasteiger partial charge < -0.3 is 24.8 Å². The van der Waals surface area contributed by atoms with Gasteiger partial charge in [-0.1, -0.05) is 0 Å². The largest absolute Gasteiger partial charge is 0.493 e. The van der Waals surface area contributed by atoms with Gasteiger partial charge in [0, 0.05) is 29.9 Å². The van der Waals surface area contributed by atoms with Gasteiger partial charge in [-0.3, -0.25) is 0 Å². The van der Waals surface area contributed by atoms with Gasteiger partial charge in [0.15, 0.2) is 11.5 Å². The van der Waals surface area contributed by atoms with Crippen LogP contribution in [0.5, 0.6) is 17.2 Å². The Kier molecular flexibility index (Phi) is 4.36. The molecule has 1 aromatic carbocycles. The maximum absolute atomic E-state index is 5.35. The summed E-state index contributed by atoms with van der Waals surface area (Å²) in [5, 5.41) is 6.58. The van der Waals surface area contributed by atoms with Crippen molar-refractivity contribution in [2.24, 2.45) is 0 Å². The second-order valence-electron chi connectivity index (χ2n) is 5.25. The number of rotatable bonds is 7. The van der Waals surface area contributed by atoms with E-state index in [2.05, 4.69) is 20.6 Å². The van der Waals surface area contributed by atoms with E-state index in [0.717, 1.165) is 11.5 Å². The van der Waals surface area contributed by atoms with E-state index < -0.39 is 0 Å². The monoisotopic (exact) mass is 316 g/mol. The average Bonchev–Trinajstić information content (AvgIpc) is 3.38. The molecule has 0 aliphatic heterocycles. The van der Waals surface area contributed by atoms with Gasteiger partial charge in [-0.05, 0) is 12.8 Å². The van der Waals surface area contributed by atoms with Crippen molar-refractivity contribution in [1.82, 2.24) is 9.97 Å². The van der Waals surface area contributed by atoms with Crippen molar-refractivity contribution in [1.29, 1.82) is 0 Å². The molecule has 2 aromatic rings. The highest BCUT2D eigenvalue weighted by atomic mass is 16.5. The molecule has 2 N–H and O–H groups in total. The van der Waals surface area contributed by atoms with Crippen LogP contribution in [0.3, 0.4) is 0 Å². The number of aromatic nitrogens is 2. The molecule has 1 heterocycles. The third kappa shape index (κ3) is 3.56. The standard InChI is InChI=1S/C16H20N4O3/c1-21-12-6-11(7-13(22-2)16(12)23-3)20-15-8-14(17-9-18-15)19-10-4-5-10/h6-10H,4-5H2,1-3H3,(H2,17,18,19,20). The Bertz CT molecular complexity index is 664. The van der Waals surface area contributed by atoms with Crippen molar-refractivity contribution in [3.63, 3.8) is 0 Å². The third-order valence-electron chi connectivity index (χ3n) is 3.53. The van der Waals surface area contributed by atoms with Crippen LogP contribution in [0, 0.1) is 0 Å². The molecule has 7 nitrogen and oxygen atoms in total. The minimum absolute atomic E-state index is 0.541. The van der Waals surface area contributed by atoms with E-state index in [4.69, 9.17) is 14.2 Å². The van der Waals surface area contributed by atoms with Crippen molar-refractivity contribution >= 4 is 17.3 Å². The highest BCUT2D eigenvalue weighted by Gasteiger charge is 2.21. The molecule has 1 aliphatic rings. The molecule has 0 unspecified atom stereocenters. The van der Waals surface area contributed by atoms with Gasteiger partial charge in [-0.15, -0.1) is 0 Å². The predicted molar refractivity (Wildman–Crippen MR) is 88.1 cm³/mol. The molecule has 0 radical (unpaired) electrons. The fourth-order valence-corrected chi connectivity index (χ4v) is 2.24. The van der Waals surface area contributed by atoms with Crippen LogP contribution in [0.4, 0.5) is 17.3 Å². The highest BCUT2D eigenvalue weighted by molar-refractivity contribution is 5.67. The number of nitrogens with zero attached hydrogens (tertiary/aromatic N) is 2. The van der Waals surface area contributed by atoms with Gasteiger partial charge in [0.1, 0.15) is 18.0 Å². The third-order valence-corrected chi connectivity index (χ3v) is 3.53. The molecule has 23 heavy (non-hydrogen) atoms. The smallest absolute Gasteiger partial charge is 0.203 e. The Morgan fingerprint density at radius 3 is 2.13 bits per heavy atom. The minimum Gasteiger partial charge on any atom is -0.493 e. The van der Waals surface area contributed by atoms with Crippen molar-refractivity contribution in [3.8, 4) is 17.2 Å². The van der Waals surface area contributed by atoms with Crippen LogP contribution in [-0.2, 0) is 0 Å². The van der Waals surface area contributed by atoms with E-state index in [9.17, 15) is 0 Å². The van der Waals surface area contributed by atoms with Crippen LogP contribution in [-0.4, -0.2) is 37.3 Å². The molecule has 0 spiro atoms. The number of nitrogens with one attached hydrogen (secondary N) is 2. The van der Waals surface area contributed by atoms with Crippen molar-refractivity contribution in [3.05, 3.63) is 24.5 Å². The van der Waals surface area contributed by atoms with E-state index in [0.29, 0.717) is 29.1 Å². The lowest BCUT2D eigenvalue weighted by molar-refractivity contribution is 0.324. The van der Waals surface area contributed by atoms with E-state index in [1.54, 1.807) is 21.3 Å². The number of benzene rings is 1. The molecule has 122 valence electrons. The Morgan fingerprint density at radius 1 is 0.913 bits per heavy atom. The Hall–Kier alpha value is -2.70. The van der Waals surface area contributed by atoms with Gasteiger partial charge in [-0.25, -0.2) is 9.97 Å². The fourth-order valence-electron chi connectivity index (χ4n) is 2.24. The molecule has 0 saturated heterocycles. The number of hydrogen-bond donors (Lipinski definition) is 2. The summed E-state index contributed by atoms with van der Waals surface area (Å²) in [6.45, 7) is 0. The second kappa shape index (κ2) is 6.60. The van der Waals surface area contributed by atoms with Gasteiger partial charge in [0.05, 0.1) is 21.3 Å². The predicted octanol–water partition coefficient (Wildman–Crippen LogP) is 2.82. The molecule has 0 amide bonds. The van der Waals surface area contributed by atoms with E-state index in [1.165, 1.54) is 19.2 Å². The number of methoxy groups -OCH3 is 3. The van der Waals surface area contributed by atoms with Crippen LogP contribution in [0.1, 0.15) is 12.8 Å². The van der Waals surface area contributed by atoms with Gasteiger partial charge in [-0.2, -0.15) is 0 Å². The fraction of sp³-hybridized carbons (Fsp3) is 0.375. The first-order valence-electron chi connectivity index (χ1n) is 7.39. The van der Waals surface area contributed by atoms with Crippen molar-refractivity contribution in [2.45, 2.75) is 18.9 Å². The zero-order valence-electron chi connectivity index (χ0n) is 13.4. The topological polar surface area (TPSA) is 77.5 Å². The highest BCUT2D eigenvalue weighted by Crippen LogP contribution is 2.40. The number of hydrogen-bond acceptors (Lipinski definition) is 7. The summed E-state index contributed by atoms with van der Waals surface area (Å²) in [7, 11) is 4.75. The molecular formula is C16H20N4O3. The zero-order valence-corrected chi connectivity index (χ0v) is 13.4. The first-order chi connectivity index (χ1) is 11.2. The van der Waals surface area contributed by atoms with Crippen molar-refractivity contribution in [2.75, 3.05) is 32.0 Å². The van der Waals surface area contributed by atoms with E-state index in [-0.39, 0.29) is 0 Å². The summed E-state index contributed by atoms with van der Waals surface area (Å²) in [5.41, 5.74) is 0.788. The lowest BCUT2D eigenvalue weighted by Gasteiger charge is -2.15. The van der Waals surface area contributed by atoms with Crippen LogP contribution < -0.4 is 24.8 Å².